The number of piperazine rings is 1. The molecule has 18 heavy (non-hydrogen) atoms. The van der Waals surface area contributed by atoms with Crippen LogP contribution >= 0.6 is 0 Å². The zero-order valence-electron chi connectivity index (χ0n) is 10.5. The Labute approximate surface area is 105 Å². The second-order valence-electron chi connectivity index (χ2n) is 4.85. The zero-order valence-corrected chi connectivity index (χ0v) is 10.5. The van der Waals surface area contributed by atoms with E-state index in [1.165, 1.54) is 0 Å². The standard InChI is InChI=1S/C13H17F3N2/c1-10-9-17(2)7-8-18(10)12-5-3-11(4-6-12)13(14,15)16/h3-6,10H,7-9H2,1-2H3/t10-/m1/s1. The van der Waals surface area contributed by atoms with Crippen LogP contribution in [0.3, 0.4) is 0 Å². The van der Waals surface area contributed by atoms with Crippen molar-refractivity contribution in [3.63, 3.8) is 0 Å². The third-order valence-electron chi connectivity index (χ3n) is 3.36. The number of hydrogen-bond donors (Lipinski definition) is 0. The van der Waals surface area contributed by atoms with E-state index in [2.05, 4.69) is 23.8 Å². The summed E-state index contributed by atoms with van der Waals surface area (Å²) < 4.78 is 37.4. The van der Waals surface area contributed by atoms with Gasteiger partial charge in [-0.15, -0.1) is 0 Å². The van der Waals surface area contributed by atoms with Crippen LogP contribution in [-0.4, -0.2) is 37.6 Å². The highest BCUT2D eigenvalue weighted by Gasteiger charge is 2.30. The number of likely N-dealkylation sites (N-methyl/N-ethyl adjacent to an activating group) is 1. The summed E-state index contributed by atoms with van der Waals surface area (Å²) in [6, 6.07) is 5.75. The maximum absolute atomic E-state index is 12.5. The number of hydrogen-bond acceptors (Lipinski definition) is 2. The maximum Gasteiger partial charge on any atom is 0.416 e. The van der Waals surface area contributed by atoms with Gasteiger partial charge in [0.15, 0.2) is 0 Å². The van der Waals surface area contributed by atoms with Crippen LogP contribution < -0.4 is 4.90 Å². The normalized spacial score (nSPS) is 22.3. The van der Waals surface area contributed by atoms with E-state index in [1.807, 2.05) is 0 Å². The third-order valence-corrected chi connectivity index (χ3v) is 3.36. The summed E-state index contributed by atoms with van der Waals surface area (Å²) in [5, 5.41) is 0. The Balaban J connectivity index is 2.15. The molecule has 1 aliphatic heterocycles. The van der Waals surface area contributed by atoms with Gasteiger partial charge in [-0.3, -0.25) is 0 Å². The molecule has 1 aromatic rings. The molecule has 0 bridgehead atoms. The van der Waals surface area contributed by atoms with Crippen LogP contribution in [0.1, 0.15) is 12.5 Å². The molecule has 0 unspecified atom stereocenters. The lowest BCUT2D eigenvalue weighted by Crippen LogP contribution is -2.50. The van der Waals surface area contributed by atoms with Crippen molar-refractivity contribution in [2.75, 3.05) is 31.6 Å². The highest BCUT2D eigenvalue weighted by molar-refractivity contribution is 5.49. The quantitative estimate of drug-likeness (QED) is 0.764. The number of benzene rings is 1. The van der Waals surface area contributed by atoms with E-state index in [0.29, 0.717) is 6.04 Å². The van der Waals surface area contributed by atoms with Gasteiger partial charge in [-0.2, -0.15) is 13.2 Å². The van der Waals surface area contributed by atoms with Crippen LogP contribution in [-0.2, 0) is 6.18 Å². The molecule has 100 valence electrons. The first kappa shape index (κ1) is 13.2. The van der Waals surface area contributed by atoms with Gasteiger partial charge in [-0.25, -0.2) is 0 Å². The first-order valence-corrected chi connectivity index (χ1v) is 6.00. The molecular formula is C13H17F3N2. The molecule has 1 saturated heterocycles. The smallest absolute Gasteiger partial charge is 0.366 e. The Morgan fingerprint density at radius 1 is 1.11 bits per heavy atom. The molecule has 1 atom stereocenters. The van der Waals surface area contributed by atoms with Crippen molar-refractivity contribution in [3.8, 4) is 0 Å². The van der Waals surface area contributed by atoms with Crippen LogP contribution in [0.4, 0.5) is 18.9 Å². The summed E-state index contributed by atoms with van der Waals surface area (Å²) in [5.74, 6) is 0. The lowest BCUT2D eigenvalue weighted by atomic mass is 10.1. The molecule has 5 heteroatoms. The van der Waals surface area contributed by atoms with E-state index in [-0.39, 0.29) is 0 Å². The fourth-order valence-corrected chi connectivity index (χ4v) is 2.37. The summed E-state index contributed by atoms with van der Waals surface area (Å²) >= 11 is 0. The Hall–Kier alpha value is -1.23. The van der Waals surface area contributed by atoms with Crippen molar-refractivity contribution < 1.29 is 13.2 Å². The van der Waals surface area contributed by atoms with Crippen molar-refractivity contribution in [3.05, 3.63) is 29.8 Å². The Bertz CT molecular complexity index is 400. The van der Waals surface area contributed by atoms with E-state index in [1.54, 1.807) is 12.1 Å². The molecule has 0 amide bonds. The second kappa shape index (κ2) is 4.80. The average Bonchev–Trinajstić information content (AvgIpc) is 2.28. The van der Waals surface area contributed by atoms with E-state index in [4.69, 9.17) is 0 Å². The minimum Gasteiger partial charge on any atom is -0.366 e. The number of rotatable bonds is 1. The Morgan fingerprint density at radius 2 is 1.72 bits per heavy atom. The van der Waals surface area contributed by atoms with E-state index < -0.39 is 11.7 Å². The monoisotopic (exact) mass is 258 g/mol. The summed E-state index contributed by atoms with van der Waals surface area (Å²) in [7, 11) is 2.06. The lowest BCUT2D eigenvalue weighted by Gasteiger charge is -2.39. The third kappa shape index (κ3) is 2.77. The van der Waals surface area contributed by atoms with Crippen LogP contribution in [0.25, 0.3) is 0 Å². The summed E-state index contributed by atoms with van der Waals surface area (Å²) in [6.45, 7) is 4.81. The minimum absolute atomic E-state index is 0.320. The van der Waals surface area contributed by atoms with Crippen molar-refractivity contribution in [2.45, 2.75) is 19.1 Å². The predicted octanol–water partition coefficient (Wildman–Crippen LogP) is 2.85. The van der Waals surface area contributed by atoms with Crippen molar-refractivity contribution in [1.82, 2.24) is 4.90 Å². The van der Waals surface area contributed by atoms with Crippen molar-refractivity contribution in [2.24, 2.45) is 0 Å². The number of anilines is 1. The van der Waals surface area contributed by atoms with Gasteiger partial charge < -0.3 is 9.80 Å². The SMILES string of the molecule is C[C@@H]1CN(C)CCN1c1ccc(C(F)(F)F)cc1. The molecule has 1 aliphatic rings. The molecule has 0 spiro atoms. The zero-order chi connectivity index (χ0) is 13.3. The van der Waals surface area contributed by atoms with Gasteiger partial charge in [-0.05, 0) is 38.2 Å². The van der Waals surface area contributed by atoms with Crippen LogP contribution in [0.5, 0.6) is 0 Å². The highest BCUT2D eigenvalue weighted by Crippen LogP contribution is 2.31. The largest absolute Gasteiger partial charge is 0.416 e. The van der Waals surface area contributed by atoms with Gasteiger partial charge in [0.2, 0.25) is 0 Å². The van der Waals surface area contributed by atoms with Crippen molar-refractivity contribution >= 4 is 5.69 Å². The van der Waals surface area contributed by atoms with Gasteiger partial charge in [0.1, 0.15) is 0 Å². The maximum atomic E-state index is 12.5. The van der Waals surface area contributed by atoms with Gasteiger partial charge in [0, 0.05) is 31.4 Å². The van der Waals surface area contributed by atoms with Gasteiger partial charge in [-0.1, -0.05) is 0 Å². The fourth-order valence-electron chi connectivity index (χ4n) is 2.37. The lowest BCUT2D eigenvalue weighted by molar-refractivity contribution is -0.137. The highest BCUT2D eigenvalue weighted by atomic mass is 19.4. The average molecular weight is 258 g/mol. The molecule has 2 nitrogen and oxygen atoms in total. The predicted molar refractivity (Wildman–Crippen MR) is 65.7 cm³/mol. The Kier molecular flexibility index (Phi) is 3.52. The van der Waals surface area contributed by atoms with Crippen LogP contribution in [0.2, 0.25) is 0 Å². The topological polar surface area (TPSA) is 6.48 Å². The van der Waals surface area contributed by atoms with E-state index in [0.717, 1.165) is 37.5 Å². The molecular weight excluding hydrogens is 241 g/mol. The number of alkyl halides is 3. The summed E-state index contributed by atoms with van der Waals surface area (Å²) in [4.78, 5) is 4.38. The molecule has 0 radical (unpaired) electrons. The molecule has 0 aliphatic carbocycles. The molecule has 1 aromatic carbocycles. The van der Waals surface area contributed by atoms with E-state index in [9.17, 15) is 13.2 Å². The summed E-state index contributed by atoms with van der Waals surface area (Å²) in [5.41, 5.74) is 0.275. The molecule has 0 saturated carbocycles. The van der Waals surface area contributed by atoms with Crippen molar-refractivity contribution in [1.29, 1.82) is 0 Å². The Morgan fingerprint density at radius 3 is 2.22 bits per heavy atom. The second-order valence-corrected chi connectivity index (χ2v) is 4.85. The molecule has 0 aromatic heterocycles. The first-order valence-electron chi connectivity index (χ1n) is 6.00. The molecule has 2 rings (SSSR count). The molecule has 0 N–H and O–H groups in total. The summed E-state index contributed by atoms with van der Waals surface area (Å²) in [6.07, 6.45) is -4.26. The fraction of sp³-hybridized carbons (Fsp3) is 0.538. The van der Waals surface area contributed by atoms with Crippen LogP contribution in [0.15, 0.2) is 24.3 Å². The van der Waals surface area contributed by atoms with Gasteiger partial charge in [0.25, 0.3) is 0 Å². The number of nitrogens with zero attached hydrogens (tertiary/aromatic N) is 2. The first-order chi connectivity index (χ1) is 8.38. The molecule has 1 fully saturated rings. The molecule has 1 heterocycles. The number of halogens is 3. The van der Waals surface area contributed by atoms with Gasteiger partial charge in [0.05, 0.1) is 5.56 Å². The van der Waals surface area contributed by atoms with Gasteiger partial charge >= 0.3 is 6.18 Å². The van der Waals surface area contributed by atoms with Crippen LogP contribution in [0, 0.1) is 0 Å². The minimum atomic E-state index is -4.26. The van der Waals surface area contributed by atoms with E-state index >= 15 is 0 Å².